The Labute approximate surface area is 148 Å². The summed E-state index contributed by atoms with van der Waals surface area (Å²) in [4.78, 5) is 16.6. The van der Waals surface area contributed by atoms with Crippen molar-refractivity contribution in [2.45, 2.75) is 44.2 Å². The molecule has 1 aromatic rings. The van der Waals surface area contributed by atoms with Crippen LogP contribution in [0.5, 0.6) is 5.75 Å². The van der Waals surface area contributed by atoms with E-state index in [9.17, 15) is 14.3 Å². The van der Waals surface area contributed by atoms with E-state index in [1.807, 2.05) is 0 Å². The number of carbonyl (C=O) groups excluding carboxylic acids is 1. The van der Waals surface area contributed by atoms with Gasteiger partial charge in [0.15, 0.2) is 5.60 Å². The first-order valence-corrected chi connectivity index (χ1v) is 9.08. The van der Waals surface area contributed by atoms with Crippen LogP contribution in [0.25, 0.3) is 0 Å². The molecule has 0 bridgehead atoms. The van der Waals surface area contributed by atoms with Gasteiger partial charge < -0.3 is 14.7 Å². The molecule has 25 heavy (non-hydrogen) atoms. The van der Waals surface area contributed by atoms with E-state index in [0.29, 0.717) is 30.8 Å². The molecule has 3 rings (SSSR count). The summed E-state index contributed by atoms with van der Waals surface area (Å²) < 4.78 is 19.2. The smallest absolute Gasteiger partial charge is 0.256 e. The van der Waals surface area contributed by atoms with Gasteiger partial charge in [-0.2, -0.15) is 0 Å². The van der Waals surface area contributed by atoms with Crippen molar-refractivity contribution in [2.75, 3.05) is 33.3 Å². The van der Waals surface area contributed by atoms with Gasteiger partial charge in [-0.15, -0.1) is 0 Å². The minimum atomic E-state index is -1.36. The van der Waals surface area contributed by atoms with Crippen LogP contribution in [-0.4, -0.2) is 59.7 Å². The predicted octanol–water partition coefficient (Wildman–Crippen LogP) is 2.17. The standard InChI is InChI=1S/C19H27FN2O3/c1-25-16-6-7-17(20)15(12-16)13-22-11-5-8-19(24,18(22)23)14-21-9-3-2-4-10-21/h6-7,12,24H,2-5,8-11,13-14H2,1H3. The van der Waals surface area contributed by atoms with Crippen LogP contribution >= 0.6 is 0 Å². The number of aliphatic hydroxyl groups is 1. The molecule has 0 aromatic heterocycles. The van der Waals surface area contributed by atoms with Crippen LogP contribution in [-0.2, 0) is 11.3 Å². The quantitative estimate of drug-likeness (QED) is 0.884. The first kappa shape index (κ1) is 18.1. The van der Waals surface area contributed by atoms with Crippen LogP contribution in [0.3, 0.4) is 0 Å². The van der Waals surface area contributed by atoms with E-state index in [-0.39, 0.29) is 18.3 Å². The minimum Gasteiger partial charge on any atom is -0.497 e. The molecule has 1 atom stereocenters. The van der Waals surface area contributed by atoms with E-state index in [2.05, 4.69) is 4.90 Å². The van der Waals surface area contributed by atoms with E-state index in [4.69, 9.17) is 4.74 Å². The van der Waals surface area contributed by atoms with Gasteiger partial charge in [-0.05, 0) is 57.0 Å². The van der Waals surface area contributed by atoms with Crippen LogP contribution < -0.4 is 4.74 Å². The molecular formula is C19H27FN2O3. The van der Waals surface area contributed by atoms with Gasteiger partial charge in [-0.1, -0.05) is 6.42 Å². The summed E-state index contributed by atoms with van der Waals surface area (Å²) in [5.41, 5.74) is -0.944. The molecule has 0 aliphatic carbocycles. The summed E-state index contributed by atoms with van der Waals surface area (Å²) in [5.74, 6) is -0.0882. The van der Waals surface area contributed by atoms with Crippen LogP contribution in [0.2, 0.25) is 0 Å². The number of β-amino-alcohol motifs (C(OH)–C–C–N with tert-alkyl or cyclic N) is 1. The highest BCUT2D eigenvalue weighted by atomic mass is 19.1. The molecular weight excluding hydrogens is 323 g/mol. The number of piperidine rings is 2. The zero-order valence-corrected chi connectivity index (χ0v) is 14.8. The zero-order chi connectivity index (χ0) is 17.9. The van der Waals surface area contributed by atoms with E-state index in [1.54, 1.807) is 17.0 Å². The Morgan fingerprint density at radius 3 is 2.68 bits per heavy atom. The Morgan fingerprint density at radius 1 is 1.20 bits per heavy atom. The number of carbonyl (C=O) groups is 1. The Morgan fingerprint density at radius 2 is 1.96 bits per heavy atom. The Kier molecular flexibility index (Phi) is 5.59. The first-order chi connectivity index (χ1) is 12.0. The molecule has 2 aliphatic rings. The molecule has 0 spiro atoms. The van der Waals surface area contributed by atoms with E-state index < -0.39 is 5.60 Å². The molecule has 1 amide bonds. The van der Waals surface area contributed by atoms with Gasteiger partial charge >= 0.3 is 0 Å². The fourth-order valence-corrected chi connectivity index (χ4v) is 3.86. The zero-order valence-electron chi connectivity index (χ0n) is 14.8. The fourth-order valence-electron chi connectivity index (χ4n) is 3.86. The predicted molar refractivity (Wildman–Crippen MR) is 92.8 cm³/mol. The average molecular weight is 350 g/mol. The molecule has 1 aromatic carbocycles. The van der Waals surface area contributed by atoms with Crippen molar-refractivity contribution >= 4 is 5.91 Å². The third-order valence-electron chi connectivity index (χ3n) is 5.25. The minimum absolute atomic E-state index is 0.157. The maximum Gasteiger partial charge on any atom is 0.256 e. The van der Waals surface area contributed by atoms with Crippen molar-refractivity contribution in [3.05, 3.63) is 29.6 Å². The maximum atomic E-state index is 14.1. The van der Waals surface area contributed by atoms with Crippen LogP contribution in [0.4, 0.5) is 4.39 Å². The number of hydrogen-bond donors (Lipinski definition) is 1. The lowest BCUT2D eigenvalue weighted by Gasteiger charge is -2.41. The van der Waals surface area contributed by atoms with Gasteiger partial charge in [-0.25, -0.2) is 4.39 Å². The van der Waals surface area contributed by atoms with Gasteiger partial charge in [0.2, 0.25) is 0 Å². The summed E-state index contributed by atoms with van der Waals surface area (Å²) >= 11 is 0. The average Bonchev–Trinajstić information content (AvgIpc) is 2.62. The van der Waals surface area contributed by atoms with Gasteiger partial charge in [0.1, 0.15) is 11.6 Å². The second kappa shape index (κ2) is 7.70. The third-order valence-corrected chi connectivity index (χ3v) is 5.25. The Balaban J connectivity index is 1.71. The summed E-state index contributed by atoms with van der Waals surface area (Å²) in [6, 6.07) is 4.52. The highest BCUT2D eigenvalue weighted by Gasteiger charge is 2.43. The number of amides is 1. The number of hydrogen-bond acceptors (Lipinski definition) is 4. The molecule has 1 N–H and O–H groups in total. The van der Waals surface area contributed by atoms with Crippen molar-refractivity contribution in [2.24, 2.45) is 0 Å². The summed E-state index contributed by atoms with van der Waals surface area (Å²) in [6.07, 6.45) is 4.64. The Hall–Kier alpha value is -1.66. The first-order valence-electron chi connectivity index (χ1n) is 9.08. The molecule has 2 fully saturated rings. The van der Waals surface area contributed by atoms with Crippen molar-refractivity contribution in [3.63, 3.8) is 0 Å². The lowest BCUT2D eigenvalue weighted by molar-refractivity contribution is -0.160. The second-order valence-corrected chi connectivity index (χ2v) is 7.16. The molecule has 2 saturated heterocycles. The van der Waals surface area contributed by atoms with E-state index in [1.165, 1.54) is 19.6 Å². The van der Waals surface area contributed by atoms with E-state index in [0.717, 1.165) is 32.4 Å². The molecule has 138 valence electrons. The number of halogens is 1. The number of nitrogens with zero attached hydrogens (tertiary/aromatic N) is 2. The molecule has 1 unspecified atom stereocenters. The highest BCUT2D eigenvalue weighted by molar-refractivity contribution is 5.86. The molecule has 2 heterocycles. The van der Waals surface area contributed by atoms with Crippen molar-refractivity contribution < 1.29 is 19.0 Å². The SMILES string of the molecule is COc1ccc(F)c(CN2CCCC(O)(CN3CCCCC3)C2=O)c1. The summed E-state index contributed by atoms with van der Waals surface area (Å²) in [5, 5.41) is 11.0. The lowest BCUT2D eigenvalue weighted by Crippen LogP contribution is -2.58. The second-order valence-electron chi connectivity index (χ2n) is 7.16. The summed E-state index contributed by atoms with van der Waals surface area (Å²) in [7, 11) is 1.53. The highest BCUT2D eigenvalue weighted by Crippen LogP contribution is 2.27. The van der Waals surface area contributed by atoms with Crippen LogP contribution in [0.1, 0.15) is 37.7 Å². The fraction of sp³-hybridized carbons (Fsp3) is 0.632. The topological polar surface area (TPSA) is 53.0 Å². The lowest BCUT2D eigenvalue weighted by atomic mass is 9.90. The molecule has 2 aliphatic heterocycles. The van der Waals surface area contributed by atoms with E-state index >= 15 is 0 Å². The van der Waals surface area contributed by atoms with Crippen molar-refractivity contribution in [1.82, 2.24) is 9.80 Å². The number of rotatable bonds is 5. The number of likely N-dealkylation sites (tertiary alicyclic amines) is 2. The Bertz CT molecular complexity index is 619. The molecule has 5 nitrogen and oxygen atoms in total. The third kappa shape index (κ3) is 4.12. The van der Waals surface area contributed by atoms with Crippen LogP contribution in [0, 0.1) is 5.82 Å². The normalized spacial score (nSPS) is 25.2. The molecule has 0 saturated carbocycles. The van der Waals surface area contributed by atoms with Gasteiger partial charge in [-0.3, -0.25) is 9.69 Å². The number of benzene rings is 1. The van der Waals surface area contributed by atoms with Crippen molar-refractivity contribution in [3.8, 4) is 5.75 Å². The summed E-state index contributed by atoms with van der Waals surface area (Å²) in [6.45, 7) is 2.94. The number of methoxy groups -OCH3 is 1. The molecule has 0 radical (unpaired) electrons. The molecule has 6 heteroatoms. The van der Waals surface area contributed by atoms with Gasteiger partial charge in [0.25, 0.3) is 5.91 Å². The number of ether oxygens (including phenoxy) is 1. The van der Waals surface area contributed by atoms with Crippen molar-refractivity contribution in [1.29, 1.82) is 0 Å². The van der Waals surface area contributed by atoms with Gasteiger partial charge in [0.05, 0.1) is 7.11 Å². The van der Waals surface area contributed by atoms with Gasteiger partial charge in [0, 0.05) is 25.2 Å². The van der Waals surface area contributed by atoms with Crippen LogP contribution in [0.15, 0.2) is 18.2 Å². The monoisotopic (exact) mass is 350 g/mol. The largest absolute Gasteiger partial charge is 0.497 e. The maximum absolute atomic E-state index is 14.1.